The Morgan fingerprint density at radius 3 is 2.42 bits per heavy atom. The van der Waals surface area contributed by atoms with Gasteiger partial charge in [0.25, 0.3) is 5.91 Å². The van der Waals surface area contributed by atoms with Crippen LogP contribution < -0.4 is 16.2 Å². The van der Waals surface area contributed by atoms with Gasteiger partial charge >= 0.3 is 0 Å². The van der Waals surface area contributed by atoms with Gasteiger partial charge in [-0.3, -0.25) is 15.6 Å². The molecule has 0 saturated heterocycles. The summed E-state index contributed by atoms with van der Waals surface area (Å²) in [6.45, 7) is 0.427. The molecule has 7 heteroatoms. The second-order valence-electron chi connectivity index (χ2n) is 4.81. The summed E-state index contributed by atoms with van der Waals surface area (Å²) in [6, 6.07) is 13.6. The highest BCUT2D eigenvalue weighted by molar-refractivity contribution is 9.10. The van der Waals surface area contributed by atoms with Gasteiger partial charge in [0, 0.05) is 17.1 Å². The van der Waals surface area contributed by atoms with Gasteiger partial charge in [0.15, 0.2) is 5.11 Å². The minimum absolute atomic E-state index is 0.268. The van der Waals surface area contributed by atoms with Crippen LogP contribution in [0.25, 0.3) is 6.08 Å². The number of thiocarbonyl (C=S) groups is 1. The number of carbonyl (C=O) groups is 1. The van der Waals surface area contributed by atoms with Crippen LogP contribution in [0.5, 0.6) is 0 Å². The maximum absolute atomic E-state index is 12.8. The molecule has 2 rings (SSSR count). The van der Waals surface area contributed by atoms with Crippen LogP contribution in [-0.4, -0.2) is 11.0 Å². The first-order valence-corrected chi connectivity index (χ1v) is 8.25. The van der Waals surface area contributed by atoms with Crippen molar-refractivity contribution in [2.24, 2.45) is 0 Å². The number of benzene rings is 2. The lowest BCUT2D eigenvalue weighted by Gasteiger charge is -2.10. The van der Waals surface area contributed by atoms with E-state index >= 15 is 0 Å². The second-order valence-corrected chi connectivity index (χ2v) is 6.13. The molecule has 0 bridgehead atoms. The molecule has 0 aliphatic rings. The number of halogens is 2. The summed E-state index contributed by atoms with van der Waals surface area (Å²) in [5, 5.41) is 3.18. The van der Waals surface area contributed by atoms with Crippen molar-refractivity contribution >= 4 is 45.2 Å². The van der Waals surface area contributed by atoms with Crippen LogP contribution in [0.1, 0.15) is 11.1 Å². The van der Waals surface area contributed by atoms with Gasteiger partial charge in [-0.25, -0.2) is 4.39 Å². The molecule has 0 saturated carbocycles. The van der Waals surface area contributed by atoms with Crippen LogP contribution in [0, 0.1) is 5.82 Å². The van der Waals surface area contributed by atoms with Crippen molar-refractivity contribution in [2.45, 2.75) is 6.54 Å². The summed E-state index contributed by atoms with van der Waals surface area (Å²) in [4.78, 5) is 11.7. The fourth-order valence-corrected chi connectivity index (χ4v) is 2.12. The van der Waals surface area contributed by atoms with Crippen molar-refractivity contribution in [1.29, 1.82) is 0 Å². The van der Waals surface area contributed by atoms with Crippen LogP contribution in [-0.2, 0) is 11.3 Å². The van der Waals surface area contributed by atoms with E-state index in [1.807, 2.05) is 24.3 Å². The Morgan fingerprint density at radius 1 is 1.08 bits per heavy atom. The predicted molar refractivity (Wildman–Crippen MR) is 100 cm³/mol. The van der Waals surface area contributed by atoms with E-state index in [1.165, 1.54) is 18.2 Å². The number of hydrogen-bond donors (Lipinski definition) is 3. The summed E-state index contributed by atoms with van der Waals surface area (Å²) in [5.41, 5.74) is 6.84. The van der Waals surface area contributed by atoms with Crippen molar-refractivity contribution in [3.05, 3.63) is 76.0 Å². The molecule has 0 atom stereocenters. The molecule has 24 heavy (non-hydrogen) atoms. The Bertz CT molecular complexity index is 733. The van der Waals surface area contributed by atoms with Crippen molar-refractivity contribution in [2.75, 3.05) is 0 Å². The standard InChI is InChI=1S/C17H15BrFN3OS/c18-14-6-1-12(2-7-14)5-10-16(23)21-22-17(24)20-11-13-3-8-15(19)9-4-13/h1-10H,11H2,(H,21,23)(H2,20,22,24)/b10-5+. The summed E-state index contributed by atoms with van der Waals surface area (Å²) in [6.07, 6.45) is 3.09. The number of amides is 1. The monoisotopic (exact) mass is 407 g/mol. The normalized spacial score (nSPS) is 10.4. The molecule has 0 radical (unpaired) electrons. The first-order chi connectivity index (χ1) is 11.5. The summed E-state index contributed by atoms with van der Waals surface area (Å²) >= 11 is 8.40. The SMILES string of the molecule is O=C(/C=C/c1ccc(Br)cc1)NNC(=S)NCc1ccc(F)cc1. The van der Waals surface area contributed by atoms with E-state index in [9.17, 15) is 9.18 Å². The van der Waals surface area contributed by atoms with Gasteiger partial charge in [0.2, 0.25) is 0 Å². The average Bonchev–Trinajstić information content (AvgIpc) is 2.59. The van der Waals surface area contributed by atoms with Gasteiger partial charge in [0.1, 0.15) is 5.82 Å². The molecule has 124 valence electrons. The third-order valence-corrected chi connectivity index (χ3v) is 3.74. The van der Waals surface area contributed by atoms with Gasteiger partial charge in [0.05, 0.1) is 0 Å². The van der Waals surface area contributed by atoms with E-state index in [2.05, 4.69) is 32.1 Å². The highest BCUT2D eigenvalue weighted by atomic mass is 79.9. The summed E-state index contributed by atoms with van der Waals surface area (Å²) in [5.74, 6) is -0.617. The number of nitrogens with one attached hydrogen (secondary N) is 3. The average molecular weight is 408 g/mol. The molecule has 0 aliphatic heterocycles. The van der Waals surface area contributed by atoms with Crippen LogP contribution in [0.2, 0.25) is 0 Å². The number of hydrogen-bond acceptors (Lipinski definition) is 2. The topological polar surface area (TPSA) is 53.2 Å². The summed E-state index contributed by atoms with van der Waals surface area (Å²) in [7, 11) is 0. The molecular formula is C17H15BrFN3OS. The molecule has 1 amide bonds. The highest BCUT2D eigenvalue weighted by Crippen LogP contribution is 2.11. The van der Waals surface area contributed by atoms with Gasteiger partial charge in [-0.15, -0.1) is 0 Å². The van der Waals surface area contributed by atoms with E-state index in [1.54, 1.807) is 18.2 Å². The van der Waals surface area contributed by atoms with Crippen molar-refractivity contribution < 1.29 is 9.18 Å². The Balaban J connectivity index is 1.71. The minimum atomic E-state index is -0.330. The number of carbonyl (C=O) groups excluding carboxylic acids is 1. The van der Waals surface area contributed by atoms with Crippen LogP contribution in [0.3, 0.4) is 0 Å². The molecule has 3 N–H and O–H groups in total. The highest BCUT2D eigenvalue weighted by Gasteiger charge is 1.99. The molecule has 0 spiro atoms. The smallest absolute Gasteiger partial charge is 0.262 e. The minimum Gasteiger partial charge on any atom is -0.357 e. The third kappa shape index (κ3) is 6.47. The van der Waals surface area contributed by atoms with Crippen LogP contribution >= 0.6 is 28.1 Å². The fourth-order valence-electron chi connectivity index (χ4n) is 1.73. The molecule has 0 unspecified atom stereocenters. The number of rotatable bonds is 4. The first-order valence-electron chi connectivity index (χ1n) is 7.05. The molecule has 4 nitrogen and oxygen atoms in total. The fraction of sp³-hybridized carbons (Fsp3) is 0.0588. The zero-order chi connectivity index (χ0) is 17.4. The van der Waals surface area contributed by atoms with E-state index in [-0.39, 0.29) is 16.8 Å². The van der Waals surface area contributed by atoms with Crippen LogP contribution in [0.4, 0.5) is 4.39 Å². The van der Waals surface area contributed by atoms with E-state index in [0.29, 0.717) is 6.54 Å². The summed E-state index contributed by atoms with van der Waals surface area (Å²) < 4.78 is 13.8. The molecule has 0 aromatic heterocycles. The van der Waals surface area contributed by atoms with Crippen LogP contribution in [0.15, 0.2) is 59.1 Å². The van der Waals surface area contributed by atoms with Crippen molar-refractivity contribution in [1.82, 2.24) is 16.2 Å². The van der Waals surface area contributed by atoms with E-state index in [0.717, 1.165) is 15.6 Å². The Kier molecular flexibility index (Phi) is 6.89. The quantitative estimate of drug-likeness (QED) is 0.413. The van der Waals surface area contributed by atoms with Gasteiger partial charge < -0.3 is 5.32 Å². The number of hydrazine groups is 1. The maximum Gasteiger partial charge on any atom is 0.262 e. The molecule has 0 aliphatic carbocycles. The van der Waals surface area contributed by atoms with Gasteiger partial charge in [-0.1, -0.05) is 40.2 Å². The first kappa shape index (κ1) is 18.1. The van der Waals surface area contributed by atoms with Gasteiger partial charge in [-0.2, -0.15) is 0 Å². The molecular weight excluding hydrogens is 393 g/mol. The molecule has 2 aromatic rings. The zero-order valence-electron chi connectivity index (χ0n) is 12.6. The third-order valence-electron chi connectivity index (χ3n) is 2.96. The Labute approximate surface area is 153 Å². The molecule has 0 heterocycles. The Hall–Kier alpha value is -2.25. The van der Waals surface area contributed by atoms with Crippen molar-refractivity contribution in [3.63, 3.8) is 0 Å². The van der Waals surface area contributed by atoms with Gasteiger partial charge in [-0.05, 0) is 53.7 Å². The lowest BCUT2D eigenvalue weighted by atomic mass is 10.2. The Morgan fingerprint density at radius 2 is 1.75 bits per heavy atom. The zero-order valence-corrected chi connectivity index (χ0v) is 15.0. The van der Waals surface area contributed by atoms with Crippen molar-refractivity contribution in [3.8, 4) is 0 Å². The second kappa shape index (κ2) is 9.14. The molecule has 2 aromatic carbocycles. The van der Waals surface area contributed by atoms with E-state index < -0.39 is 0 Å². The lowest BCUT2D eigenvalue weighted by Crippen LogP contribution is -2.45. The largest absolute Gasteiger partial charge is 0.357 e. The predicted octanol–water partition coefficient (Wildman–Crippen LogP) is 3.30. The molecule has 0 fully saturated rings. The lowest BCUT2D eigenvalue weighted by molar-refractivity contribution is -0.116. The maximum atomic E-state index is 12.8. The van der Waals surface area contributed by atoms with E-state index in [4.69, 9.17) is 12.2 Å².